The summed E-state index contributed by atoms with van der Waals surface area (Å²) in [5.41, 5.74) is 7.64. The van der Waals surface area contributed by atoms with Crippen molar-refractivity contribution in [1.29, 1.82) is 0 Å². The normalized spacial score (nSPS) is 12.8. The number of esters is 2. The van der Waals surface area contributed by atoms with Crippen LogP contribution in [-0.2, 0) is 41.9 Å². The van der Waals surface area contributed by atoms with E-state index in [4.69, 9.17) is 15.2 Å². The molecule has 4 rings (SSSR count). The predicted molar refractivity (Wildman–Crippen MR) is 153 cm³/mol. The summed E-state index contributed by atoms with van der Waals surface area (Å²) in [7, 11) is -4.07. The summed E-state index contributed by atoms with van der Waals surface area (Å²) in [6.07, 6.45) is 0.982. The summed E-state index contributed by atoms with van der Waals surface area (Å²) >= 11 is 0. The molecule has 1 amide bonds. The number of hydrogen-bond donors (Lipinski definition) is 4. The van der Waals surface area contributed by atoms with Gasteiger partial charge in [-0.1, -0.05) is 6.07 Å². The van der Waals surface area contributed by atoms with Crippen LogP contribution in [0, 0.1) is 0 Å². The van der Waals surface area contributed by atoms with Crippen LogP contribution in [0.5, 0.6) is 0 Å². The quantitative estimate of drug-likeness (QED) is 0.237. The minimum Gasteiger partial charge on any atom is -0.466 e. The fourth-order valence-electron chi connectivity index (χ4n) is 4.56. The van der Waals surface area contributed by atoms with Crippen LogP contribution in [0.2, 0.25) is 0 Å². The van der Waals surface area contributed by atoms with Gasteiger partial charge in [0.25, 0.3) is 21.5 Å². The Labute approximate surface area is 241 Å². The van der Waals surface area contributed by atoms with Gasteiger partial charge in [0.15, 0.2) is 0 Å². The average Bonchev–Trinajstić information content (AvgIpc) is 2.94. The van der Waals surface area contributed by atoms with Gasteiger partial charge in [-0.05, 0) is 80.6 Å². The van der Waals surface area contributed by atoms with Gasteiger partial charge in [0.2, 0.25) is 5.95 Å². The maximum absolute atomic E-state index is 13.2. The number of anilines is 2. The number of aryl methyl sites for hydroxylation is 2. The number of aromatic nitrogens is 2. The summed E-state index contributed by atoms with van der Waals surface area (Å²) in [5, 5.41) is 2.55. The number of nitrogens with one attached hydrogen (secondary N) is 3. The number of nitrogens with two attached hydrogens (primary N) is 1. The highest BCUT2D eigenvalue weighted by Gasteiger charge is 2.26. The molecule has 0 unspecified atom stereocenters. The van der Waals surface area contributed by atoms with E-state index in [1.165, 1.54) is 36.4 Å². The second-order valence-corrected chi connectivity index (χ2v) is 11.1. The van der Waals surface area contributed by atoms with E-state index in [-0.39, 0.29) is 48.2 Å². The van der Waals surface area contributed by atoms with Crippen LogP contribution in [0.25, 0.3) is 11.1 Å². The van der Waals surface area contributed by atoms with E-state index >= 15 is 0 Å². The molecule has 5 N–H and O–H groups in total. The van der Waals surface area contributed by atoms with E-state index in [2.05, 4.69) is 20.0 Å². The molecule has 0 aliphatic heterocycles. The topological polar surface area (TPSA) is 200 Å². The smallest absolute Gasteiger partial charge is 0.328 e. The first kappa shape index (κ1) is 30.2. The van der Waals surface area contributed by atoms with Gasteiger partial charge in [-0.2, -0.15) is 0 Å². The summed E-state index contributed by atoms with van der Waals surface area (Å²) in [6, 6.07) is 9.05. The number of aromatic amines is 1. The number of benzene rings is 2. The Morgan fingerprint density at radius 2 is 1.76 bits per heavy atom. The molecular formula is C28H31N5O8S. The van der Waals surface area contributed by atoms with Crippen LogP contribution in [-0.4, -0.2) is 55.5 Å². The highest BCUT2D eigenvalue weighted by atomic mass is 32.2. The number of carbonyl (C=O) groups is 3. The lowest BCUT2D eigenvalue weighted by Gasteiger charge is -2.19. The van der Waals surface area contributed by atoms with Gasteiger partial charge >= 0.3 is 11.9 Å². The predicted octanol–water partition coefficient (Wildman–Crippen LogP) is 1.92. The first-order valence-electron chi connectivity index (χ1n) is 13.3. The van der Waals surface area contributed by atoms with Gasteiger partial charge in [-0.25, -0.2) is 18.2 Å². The summed E-state index contributed by atoms with van der Waals surface area (Å²) in [4.78, 5) is 56.1. The zero-order chi connectivity index (χ0) is 30.4. The van der Waals surface area contributed by atoms with Crippen LogP contribution in [0.3, 0.4) is 0 Å². The fourth-order valence-corrected chi connectivity index (χ4v) is 5.64. The number of rotatable bonds is 11. The molecule has 0 saturated heterocycles. The lowest BCUT2D eigenvalue weighted by molar-refractivity contribution is -0.146. The molecule has 0 spiro atoms. The van der Waals surface area contributed by atoms with Crippen molar-refractivity contribution in [3.63, 3.8) is 0 Å². The lowest BCUT2D eigenvalue weighted by Crippen LogP contribution is -2.42. The molecule has 13 nitrogen and oxygen atoms in total. The molecule has 0 saturated carbocycles. The molecule has 0 fully saturated rings. The van der Waals surface area contributed by atoms with E-state index in [1.54, 1.807) is 19.9 Å². The largest absolute Gasteiger partial charge is 0.466 e. The summed E-state index contributed by atoms with van der Waals surface area (Å²) in [6.45, 7) is 3.57. The Morgan fingerprint density at radius 3 is 2.45 bits per heavy atom. The minimum absolute atomic E-state index is 0.00198. The molecular weight excluding hydrogens is 566 g/mol. The third-order valence-electron chi connectivity index (χ3n) is 6.52. The molecule has 1 atom stereocenters. The number of nitrogen functional groups attached to an aromatic ring is 1. The first-order chi connectivity index (χ1) is 20.0. The molecule has 222 valence electrons. The third kappa shape index (κ3) is 6.94. The summed E-state index contributed by atoms with van der Waals surface area (Å²) < 4.78 is 38.8. The Balaban J connectivity index is 1.48. The van der Waals surface area contributed by atoms with Gasteiger partial charge in [-0.3, -0.25) is 24.1 Å². The number of nitrogens with zero attached hydrogens (tertiary/aromatic N) is 1. The van der Waals surface area contributed by atoms with Crippen molar-refractivity contribution in [2.75, 3.05) is 23.7 Å². The third-order valence-corrected chi connectivity index (χ3v) is 7.90. The Morgan fingerprint density at radius 1 is 1.05 bits per heavy atom. The molecule has 42 heavy (non-hydrogen) atoms. The van der Waals surface area contributed by atoms with Crippen molar-refractivity contribution in [2.24, 2.45) is 0 Å². The zero-order valence-electron chi connectivity index (χ0n) is 23.1. The Hall–Kier alpha value is -4.72. The van der Waals surface area contributed by atoms with Gasteiger partial charge in [0, 0.05) is 17.7 Å². The average molecular weight is 598 g/mol. The van der Waals surface area contributed by atoms with E-state index in [9.17, 15) is 27.6 Å². The maximum atomic E-state index is 13.2. The molecule has 1 aliphatic carbocycles. The highest BCUT2D eigenvalue weighted by molar-refractivity contribution is 7.92. The molecule has 3 aromatic rings. The van der Waals surface area contributed by atoms with Crippen molar-refractivity contribution in [3.8, 4) is 11.1 Å². The van der Waals surface area contributed by atoms with Crippen molar-refractivity contribution < 1.29 is 32.3 Å². The van der Waals surface area contributed by atoms with Crippen LogP contribution < -0.4 is 21.3 Å². The number of carbonyl (C=O) groups excluding carboxylic acids is 3. The second kappa shape index (κ2) is 12.9. The summed E-state index contributed by atoms with van der Waals surface area (Å²) in [5.74, 6) is -1.81. The van der Waals surface area contributed by atoms with Gasteiger partial charge in [-0.15, -0.1) is 0 Å². The molecule has 2 aromatic carbocycles. The number of hydrogen-bond acceptors (Lipinski definition) is 10. The number of sulfonamides is 1. The molecule has 0 bridgehead atoms. The zero-order valence-corrected chi connectivity index (χ0v) is 23.9. The Kier molecular flexibility index (Phi) is 9.25. The van der Waals surface area contributed by atoms with Crippen molar-refractivity contribution >= 4 is 39.5 Å². The molecule has 14 heteroatoms. The number of ether oxygens (including phenoxy) is 2. The van der Waals surface area contributed by atoms with Crippen LogP contribution >= 0.6 is 0 Å². The highest BCUT2D eigenvalue weighted by Crippen LogP contribution is 2.32. The van der Waals surface area contributed by atoms with Crippen molar-refractivity contribution in [2.45, 2.75) is 50.5 Å². The van der Waals surface area contributed by atoms with E-state index in [1.807, 2.05) is 0 Å². The fraction of sp³-hybridized carbons (Fsp3) is 0.321. The van der Waals surface area contributed by atoms with Crippen LogP contribution in [0.15, 0.2) is 52.2 Å². The van der Waals surface area contributed by atoms with Crippen molar-refractivity contribution in [1.82, 2.24) is 15.3 Å². The van der Waals surface area contributed by atoms with E-state index in [0.717, 1.165) is 5.56 Å². The second-order valence-electron chi connectivity index (χ2n) is 9.40. The molecule has 1 aliphatic rings. The molecule has 0 radical (unpaired) electrons. The lowest BCUT2D eigenvalue weighted by atomic mass is 9.89. The standard InChI is InChI=1S/C28H31N5O8S/c1-3-40-23(34)14-13-22(27(37)41-4-2)30-25(35)17-5-9-18(10-6-17)33-42(38,39)19-11-7-16-8-12-21-24(20(16)15-19)26(36)32-28(29)31-21/h5-7,9-11,15,22,33H,3-4,8,12-14H2,1-2H3,(H,30,35)(H3,29,31,32,36)/t22-/m1/s1. The number of fused-ring (bicyclic) bond motifs is 3. The maximum Gasteiger partial charge on any atom is 0.328 e. The number of amides is 1. The first-order valence-corrected chi connectivity index (χ1v) is 14.8. The van der Waals surface area contributed by atoms with Crippen molar-refractivity contribution in [3.05, 3.63) is 69.6 Å². The van der Waals surface area contributed by atoms with Gasteiger partial charge in [0.1, 0.15) is 6.04 Å². The monoisotopic (exact) mass is 597 g/mol. The van der Waals surface area contributed by atoms with E-state index < -0.39 is 39.5 Å². The van der Waals surface area contributed by atoms with Gasteiger partial charge < -0.3 is 20.5 Å². The minimum atomic E-state index is -4.07. The van der Waals surface area contributed by atoms with E-state index in [0.29, 0.717) is 29.7 Å². The van der Waals surface area contributed by atoms with Crippen LogP contribution in [0.4, 0.5) is 11.6 Å². The SMILES string of the molecule is CCOC(=O)CC[C@@H](NC(=O)c1ccc(NS(=O)(=O)c2ccc3c(c2)-c2c(nc(N)[nH]c2=O)CC3)cc1)C(=O)OCC. The van der Waals surface area contributed by atoms with Gasteiger partial charge in [0.05, 0.1) is 29.4 Å². The number of H-pyrrole nitrogens is 1. The Bertz CT molecular complexity index is 1670. The molecule has 1 aromatic heterocycles. The molecule has 1 heterocycles. The van der Waals surface area contributed by atoms with Crippen LogP contribution in [0.1, 0.15) is 48.3 Å².